The van der Waals surface area contributed by atoms with E-state index in [2.05, 4.69) is 11.9 Å². The predicted molar refractivity (Wildman–Crippen MR) is 48.9 cm³/mol. The molecular weight excluding hydrogens is 155 g/mol. The average molecular weight is 174 g/mol. The molecule has 0 aliphatic carbocycles. The van der Waals surface area contributed by atoms with E-state index >= 15 is 0 Å². The second-order valence-electron chi connectivity index (χ2n) is 3.56. The Morgan fingerprint density at radius 1 is 1.25 bits per heavy atom. The molecule has 1 atom stereocenters. The van der Waals surface area contributed by atoms with Crippen molar-refractivity contribution in [2.45, 2.75) is 26.1 Å². The minimum absolute atomic E-state index is 0.684. The van der Waals surface area contributed by atoms with Gasteiger partial charge in [-0.1, -0.05) is 13.3 Å². The molecule has 0 N–H and O–H groups in total. The Labute approximate surface area is 74.3 Å². The molecule has 0 saturated carbocycles. The third-order valence-corrected chi connectivity index (χ3v) is 2.46. The van der Waals surface area contributed by atoms with E-state index in [1.807, 2.05) is 11.8 Å². The quantitative estimate of drug-likeness (QED) is 0.596. The normalized spacial score (nSPS) is 24.2. The lowest BCUT2D eigenvalue weighted by atomic mass is 10.2. The number of nitrogens with zero attached hydrogens (tertiary/aromatic N) is 2. The van der Waals surface area contributed by atoms with Crippen molar-refractivity contribution < 1.29 is 4.39 Å². The van der Waals surface area contributed by atoms with Crippen LogP contribution in [0.4, 0.5) is 4.39 Å². The molecule has 1 rings (SSSR count). The zero-order valence-electron chi connectivity index (χ0n) is 8.09. The zero-order valence-corrected chi connectivity index (χ0v) is 8.09. The Hall–Kier alpha value is -0.150. The van der Waals surface area contributed by atoms with Crippen LogP contribution in [0.5, 0.6) is 0 Å². The van der Waals surface area contributed by atoms with Gasteiger partial charge in [0.15, 0.2) is 6.30 Å². The SMILES string of the molecule is CCCC(F)N1CCN(C)CC1. The topological polar surface area (TPSA) is 6.48 Å². The van der Waals surface area contributed by atoms with Crippen LogP contribution in [0.1, 0.15) is 19.8 Å². The third-order valence-electron chi connectivity index (χ3n) is 2.46. The van der Waals surface area contributed by atoms with Crippen molar-refractivity contribution in [1.29, 1.82) is 0 Å². The lowest BCUT2D eigenvalue weighted by molar-refractivity contribution is 0.0338. The molecule has 1 saturated heterocycles. The van der Waals surface area contributed by atoms with E-state index in [1.54, 1.807) is 0 Å². The van der Waals surface area contributed by atoms with E-state index in [-0.39, 0.29) is 0 Å². The van der Waals surface area contributed by atoms with E-state index in [9.17, 15) is 4.39 Å². The summed E-state index contributed by atoms with van der Waals surface area (Å²) in [5.74, 6) is 0. The lowest BCUT2D eigenvalue weighted by Gasteiger charge is -2.34. The highest BCUT2D eigenvalue weighted by atomic mass is 19.1. The van der Waals surface area contributed by atoms with E-state index in [0.717, 1.165) is 32.6 Å². The van der Waals surface area contributed by atoms with Gasteiger partial charge in [-0.25, -0.2) is 4.39 Å². The summed E-state index contributed by atoms with van der Waals surface area (Å²) in [6.07, 6.45) is 0.917. The summed E-state index contributed by atoms with van der Waals surface area (Å²) in [5.41, 5.74) is 0. The van der Waals surface area contributed by atoms with Gasteiger partial charge in [0.05, 0.1) is 0 Å². The molecule has 0 aromatic heterocycles. The number of likely N-dealkylation sites (N-methyl/N-ethyl adjacent to an activating group) is 1. The van der Waals surface area contributed by atoms with E-state index in [1.165, 1.54) is 0 Å². The molecule has 2 nitrogen and oxygen atoms in total. The minimum atomic E-state index is -0.705. The lowest BCUT2D eigenvalue weighted by Crippen LogP contribution is -2.47. The van der Waals surface area contributed by atoms with Gasteiger partial charge in [-0.3, -0.25) is 4.90 Å². The third kappa shape index (κ3) is 2.72. The number of hydrogen-bond acceptors (Lipinski definition) is 2. The first-order valence-corrected chi connectivity index (χ1v) is 4.80. The first-order valence-electron chi connectivity index (χ1n) is 4.80. The van der Waals surface area contributed by atoms with E-state index < -0.39 is 6.30 Å². The van der Waals surface area contributed by atoms with Gasteiger partial charge in [-0.2, -0.15) is 0 Å². The van der Waals surface area contributed by atoms with Crippen molar-refractivity contribution in [3.05, 3.63) is 0 Å². The van der Waals surface area contributed by atoms with Gasteiger partial charge in [0.2, 0.25) is 0 Å². The minimum Gasteiger partial charge on any atom is -0.304 e. The first kappa shape index (κ1) is 9.93. The number of alkyl halides is 1. The summed E-state index contributed by atoms with van der Waals surface area (Å²) < 4.78 is 13.3. The van der Waals surface area contributed by atoms with Crippen molar-refractivity contribution in [2.75, 3.05) is 33.2 Å². The molecule has 0 aromatic rings. The molecule has 12 heavy (non-hydrogen) atoms. The first-order chi connectivity index (χ1) is 5.74. The summed E-state index contributed by atoms with van der Waals surface area (Å²) in [6, 6.07) is 0. The standard InChI is InChI=1S/C9H19FN2/c1-3-4-9(10)12-7-5-11(2)6-8-12/h9H,3-8H2,1-2H3. The van der Waals surface area contributed by atoms with Crippen LogP contribution in [0.2, 0.25) is 0 Å². The zero-order chi connectivity index (χ0) is 8.97. The van der Waals surface area contributed by atoms with Gasteiger partial charge >= 0.3 is 0 Å². The van der Waals surface area contributed by atoms with Gasteiger partial charge in [0.1, 0.15) is 0 Å². The van der Waals surface area contributed by atoms with Gasteiger partial charge in [-0.15, -0.1) is 0 Å². The Morgan fingerprint density at radius 3 is 2.33 bits per heavy atom. The summed E-state index contributed by atoms with van der Waals surface area (Å²) in [4.78, 5) is 4.19. The van der Waals surface area contributed by atoms with Crippen LogP contribution in [0.3, 0.4) is 0 Å². The second kappa shape index (κ2) is 4.77. The van der Waals surface area contributed by atoms with Crippen LogP contribution in [-0.2, 0) is 0 Å². The van der Waals surface area contributed by atoms with Crippen LogP contribution in [0.15, 0.2) is 0 Å². The van der Waals surface area contributed by atoms with Crippen molar-refractivity contribution in [3.63, 3.8) is 0 Å². The maximum Gasteiger partial charge on any atom is 0.153 e. The molecule has 0 radical (unpaired) electrons. The fourth-order valence-electron chi connectivity index (χ4n) is 1.52. The summed E-state index contributed by atoms with van der Waals surface area (Å²) in [6.45, 7) is 5.81. The molecule has 1 heterocycles. The predicted octanol–water partition coefficient (Wildman–Crippen LogP) is 1.33. The van der Waals surface area contributed by atoms with Gasteiger partial charge in [-0.05, 0) is 13.5 Å². The van der Waals surface area contributed by atoms with Crippen LogP contribution in [0, 0.1) is 0 Å². The smallest absolute Gasteiger partial charge is 0.153 e. The molecular formula is C9H19FN2. The molecule has 0 bridgehead atoms. The maximum atomic E-state index is 13.3. The molecule has 1 aliphatic rings. The Bertz CT molecular complexity index is 122. The Morgan fingerprint density at radius 2 is 1.83 bits per heavy atom. The van der Waals surface area contributed by atoms with Crippen LogP contribution in [0.25, 0.3) is 0 Å². The highest BCUT2D eigenvalue weighted by Gasteiger charge is 2.20. The van der Waals surface area contributed by atoms with E-state index in [0.29, 0.717) is 6.42 Å². The van der Waals surface area contributed by atoms with E-state index in [4.69, 9.17) is 0 Å². The number of piperazine rings is 1. The molecule has 72 valence electrons. The van der Waals surface area contributed by atoms with Crippen molar-refractivity contribution in [3.8, 4) is 0 Å². The van der Waals surface area contributed by atoms with Crippen molar-refractivity contribution in [1.82, 2.24) is 9.80 Å². The number of halogens is 1. The second-order valence-corrected chi connectivity index (χ2v) is 3.56. The largest absolute Gasteiger partial charge is 0.304 e. The monoisotopic (exact) mass is 174 g/mol. The van der Waals surface area contributed by atoms with Crippen LogP contribution < -0.4 is 0 Å². The van der Waals surface area contributed by atoms with Gasteiger partial charge < -0.3 is 4.90 Å². The van der Waals surface area contributed by atoms with Crippen LogP contribution >= 0.6 is 0 Å². The molecule has 0 amide bonds. The maximum absolute atomic E-state index is 13.3. The number of hydrogen-bond donors (Lipinski definition) is 0. The van der Waals surface area contributed by atoms with Crippen LogP contribution in [-0.4, -0.2) is 49.3 Å². The molecule has 1 unspecified atom stereocenters. The number of rotatable bonds is 3. The average Bonchev–Trinajstić information content (AvgIpc) is 2.06. The molecule has 1 aliphatic heterocycles. The fraction of sp³-hybridized carbons (Fsp3) is 1.00. The Balaban J connectivity index is 2.24. The molecule has 0 spiro atoms. The highest BCUT2D eigenvalue weighted by Crippen LogP contribution is 2.10. The summed E-state index contributed by atoms with van der Waals surface area (Å²) in [7, 11) is 2.09. The molecule has 3 heteroatoms. The Kier molecular flexibility index (Phi) is 3.95. The summed E-state index contributed by atoms with van der Waals surface area (Å²) >= 11 is 0. The summed E-state index contributed by atoms with van der Waals surface area (Å²) in [5, 5.41) is 0. The highest BCUT2D eigenvalue weighted by molar-refractivity contribution is 4.71. The fourth-order valence-corrected chi connectivity index (χ4v) is 1.52. The van der Waals surface area contributed by atoms with Crippen molar-refractivity contribution in [2.24, 2.45) is 0 Å². The van der Waals surface area contributed by atoms with Crippen molar-refractivity contribution >= 4 is 0 Å². The van der Waals surface area contributed by atoms with Gasteiger partial charge in [0, 0.05) is 26.2 Å². The molecule has 0 aromatic carbocycles. The van der Waals surface area contributed by atoms with Gasteiger partial charge in [0.25, 0.3) is 0 Å². The molecule has 1 fully saturated rings.